The van der Waals surface area contributed by atoms with E-state index in [2.05, 4.69) is 22.3 Å². The fourth-order valence-electron chi connectivity index (χ4n) is 4.44. The second-order valence-electron chi connectivity index (χ2n) is 8.58. The van der Waals surface area contributed by atoms with Crippen LogP contribution >= 0.6 is 11.3 Å². The zero-order chi connectivity index (χ0) is 24.4. The molecule has 2 aromatic carbocycles. The maximum absolute atomic E-state index is 13.4. The van der Waals surface area contributed by atoms with Crippen LogP contribution in [0.25, 0.3) is 22.2 Å². The number of carbonyl (C=O) groups is 2. The van der Waals surface area contributed by atoms with Crippen molar-refractivity contribution >= 4 is 23.2 Å². The molecular formula is C26H25N5O3S. The highest BCUT2D eigenvalue weighted by Crippen LogP contribution is 2.31. The maximum Gasteiger partial charge on any atom is 0.258 e. The minimum Gasteiger partial charge on any atom is -0.366 e. The van der Waals surface area contributed by atoms with Crippen LogP contribution in [0.1, 0.15) is 50.6 Å². The van der Waals surface area contributed by atoms with Crippen LogP contribution in [-0.4, -0.2) is 39.9 Å². The van der Waals surface area contributed by atoms with Crippen LogP contribution in [0.5, 0.6) is 0 Å². The molecule has 5 rings (SSSR count). The molecule has 1 aliphatic heterocycles. The van der Waals surface area contributed by atoms with E-state index in [-0.39, 0.29) is 17.4 Å². The summed E-state index contributed by atoms with van der Waals surface area (Å²) in [6.07, 6.45) is 1.71. The van der Waals surface area contributed by atoms with Crippen molar-refractivity contribution in [1.82, 2.24) is 15.0 Å². The summed E-state index contributed by atoms with van der Waals surface area (Å²) < 4.78 is 5.43. The molecule has 178 valence electrons. The number of carbonyl (C=O) groups excluding carboxylic acids is 2. The minimum atomic E-state index is -0.627. The molecule has 3 heterocycles. The smallest absolute Gasteiger partial charge is 0.258 e. The van der Waals surface area contributed by atoms with Crippen molar-refractivity contribution in [2.24, 2.45) is 11.5 Å². The molecule has 0 radical (unpaired) electrons. The molecule has 0 unspecified atom stereocenters. The van der Waals surface area contributed by atoms with Crippen LogP contribution in [0.3, 0.4) is 0 Å². The molecule has 0 aliphatic carbocycles. The van der Waals surface area contributed by atoms with Gasteiger partial charge in [-0.05, 0) is 59.5 Å². The van der Waals surface area contributed by atoms with Crippen LogP contribution in [0, 0.1) is 0 Å². The molecule has 1 saturated heterocycles. The molecular weight excluding hydrogens is 462 g/mol. The lowest BCUT2D eigenvalue weighted by Gasteiger charge is -2.32. The molecule has 0 spiro atoms. The molecule has 0 atom stereocenters. The Balaban J connectivity index is 1.36. The number of piperidine rings is 1. The summed E-state index contributed by atoms with van der Waals surface area (Å²) in [5.74, 6) is 0.281. The molecule has 2 amide bonds. The summed E-state index contributed by atoms with van der Waals surface area (Å²) in [6.45, 7) is 1.75. The summed E-state index contributed by atoms with van der Waals surface area (Å²) in [4.78, 5) is 32.5. The SMILES string of the molecule is NCc1cccc(C2CCN(C(=O)c3cc(C(N)=O)cc(-c4nc(-c5cccs5)no4)c3)CC2)c1. The highest BCUT2D eigenvalue weighted by molar-refractivity contribution is 7.13. The van der Waals surface area contributed by atoms with Crippen molar-refractivity contribution in [3.8, 4) is 22.2 Å². The van der Waals surface area contributed by atoms with Crippen molar-refractivity contribution < 1.29 is 14.1 Å². The van der Waals surface area contributed by atoms with Crippen molar-refractivity contribution in [2.75, 3.05) is 13.1 Å². The van der Waals surface area contributed by atoms with Gasteiger partial charge in [-0.1, -0.05) is 35.5 Å². The first kappa shape index (κ1) is 22.9. The number of hydrogen-bond acceptors (Lipinski definition) is 7. The van der Waals surface area contributed by atoms with Gasteiger partial charge in [0.25, 0.3) is 11.8 Å². The third-order valence-corrected chi connectivity index (χ3v) is 7.19. The van der Waals surface area contributed by atoms with Gasteiger partial charge in [-0.2, -0.15) is 4.98 Å². The average Bonchev–Trinajstić information content (AvgIpc) is 3.61. The molecule has 4 aromatic rings. The predicted molar refractivity (Wildman–Crippen MR) is 134 cm³/mol. The molecule has 9 heteroatoms. The van der Waals surface area contributed by atoms with Gasteiger partial charge in [0.15, 0.2) is 0 Å². The number of primary amides is 1. The Labute approximate surface area is 206 Å². The fraction of sp³-hybridized carbons (Fsp3) is 0.231. The Kier molecular flexibility index (Phi) is 6.43. The lowest BCUT2D eigenvalue weighted by molar-refractivity contribution is 0.0713. The third kappa shape index (κ3) is 4.87. The Morgan fingerprint density at radius 1 is 1.06 bits per heavy atom. The number of aromatic nitrogens is 2. The topological polar surface area (TPSA) is 128 Å². The Morgan fingerprint density at radius 2 is 1.86 bits per heavy atom. The van der Waals surface area contributed by atoms with Crippen molar-refractivity contribution in [3.63, 3.8) is 0 Å². The van der Waals surface area contributed by atoms with Crippen LogP contribution in [0.4, 0.5) is 0 Å². The van der Waals surface area contributed by atoms with Crippen LogP contribution < -0.4 is 11.5 Å². The van der Waals surface area contributed by atoms with Crippen LogP contribution in [-0.2, 0) is 6.54 Å². The van der Waals surface area contributed by atoms with E-state index in [1.807, 2.05) is 34.5 Å². The third-order valence-electron chi connectivity index (χ3n) is 6.32. The first-order chi connectivity index (χ1) is 17.0. The average molecular weight is 488 g/mol. The monoisotopic (exact) mass is 487 g/mol. The number of amides is 2. The summed E-state index contributed by atoms with van der Waals surface area (Å²) in [7, 11) is 0. The molecule has 1 fully saturated rings. The summed E-state index contributed by atoms with van der Waals surface area (Å²) >= 11 is 1.49. The first-order valence-electron chi connectivity index (χ1n) is 11.4. The van der Waals surface area contributed by atoms with Gasteiger partial charge < -0.3 is 20.9 Å². The first-order valence-corrected chi connectivity index (χ1v) is 12.3. The molecule has 1 aliphatic rings. The van der Waals surface area contributed by atoms with Crippen molar-refractivity contribution in [3.05, 3.63) is 82.2 Å². The second-order valence-corrected chi connectivity index (χ2v) is 9.53. The predicted octanol–water partition coefficient (Wildman–Crippen LogP) is 4.04. The van der Waals surface area contributed by atoms with Gasteiger partial charge in [-0.15, -0.1) is 11.3 Å². The van der Waals surface area contributed by atoms with Gasteiger partial charge >= 0.3 is 0 Å². The highest BCUT2D eigenvalue weighted by atomic mass is 32.1. The normalized spacial score (nSPS) is 14.3. The number of nitrogens with zero attached hydrogens (tertiary/aromatic N) is 3. The molecule has 0 bridgehead atoms. The van der Waals surface area contributed by atoms with E-state index < -0.39 is 5.91 Å². The zero-order valence-corrected chi connectivity index (χ0v) is 19.8. The van der Waals surface area contributed by atoms with Gasteiger partial charge in [0.2, 0.25) is 11.7 Å². The number of benzene rings is 2. The number of rotatable bonds is 6. The standard InChI is InChI=1S/C26H25N5O3S/c27-15-16-3-1-4-18(11-16)17-6-8-31(9-7-17)26(33)21-13-19(23(28)32)12-20(14-21)25-29-24(30-34-25)22-5-2-10-35-22/h1-5,10-14,17H,6-9,15,27H2,(H2,28,32). The largest absolute Gasteiger partial charge is 0.366 e. The Hall–Kier alpha value is -3.82. The Morgan fingerprint density at radius 3 is 2.57 bits per heavy atom. The molecule has 4 N–H and O–H groups in total. The second kappa shape index (κ2) is 9.81. The van der Waals surface area contributed by atoms with E-state index in [9.17, 15) is 9.59 Å². The Bertz CT molecular complexity index is 1360. The summed E-state index contributed by atoms with van der Waals surface area (Å²) in [5, 5.41) is 5.95. The van der Waals surface area contributed by atoms with Gasteiger partial charge in [0, 0.05) is 36.3 Å². The summed E-state index contributed by atoms with van der Waals surface area (Å²) in [6, 6.07) is 16.9. The van der Waals surface area contributed by atoms with E-state index in [4.69, 9.17) is 16.0 Å². The van der Waals surface area contributed by atoms with Crippen LogP contribution in [0.15, 0.2) is 64.5 Å². The minimum absolute atomic E-state index is 0.151. The molecule has 35 heavy (non-hydrogen) atoms. The van der Waals surface area contributed by atoms with E-state index in [1.54, 1.807) is 12.1 Å². The molecule has 2 aromatic heterocycles. The van der Waals surface area contributed by atoms with E-state index in [0.717, 1.165) is 23.3 Å². The highest BCUT2D eigenvalue weighted by Gasteiger charge is 2.26. The number of thiophene rings is 1. The van der Waals surface area contributed by atoms with Gasteiger partial charge in [0.05, 0.1) is 4.88 Å². The number of likely N-dealkylation sites (tertiary alicyclic amines) is 1. The van der Waals surface area contributed by atoms with Crippen LogP contribution in [0.2, 0.25) is 0 Å². The van der Waals surface area contributed by atoms with E-state index in [0.29, 0.717) is 42.5 Å². The maximum atomic E-state index is 13.4. The van der Waals surface area contributed by atoms with Gasteiger partial charge in [-0.25, -0.2) is 0 Å². The van der Waals surface area contributed by atoms with Crippen molar-refractivity contribution in [2.45, 2.75) is 25.3 Å². The number of hydrogen-bond donors (Lipinski definition) is 2. The molecule has 8 nitrogen and oxygen atoms in total. The fourth-order valence-corrected chi connectivity index (χ4v) is 5.09. The lowest BCUT2D eigenvalue weighted by Crippen LogP contribution is -2.38. The zero-order valence-electron chi connectivity index (χ0n) is 19.0. The quantitative estimate of drug-likeness (QED) is 0.422. The van der Waals surface area contributed by atoms with Gasteiger partial charge in [0.1, 0.15) is 0 Å². The van der Waals surface area contributed by atoms with Gasteiger partial charge in [-0.3, -0.25) is 9.59 Å². The lowest BCUT2D eigenvalue weighted by atomic mass is 9.88. The van der Waals surface area contributed by atoms with Crippen molar-refractivity contribution in [1.29, 1.82) is 0 Å². The van der Waals surface area contributed by atoms with E-state index >= 15 is 0 Å². The van der Waals surface area contributed by atoms with E-state index in [1.165, 1.54) is 23.0 Å². The molecule has 0 saturated carbocycles. The number of nitrogens with two attached hydrogens (primary N) is 2. The summed E-state index contributed by atoms with van der Waals surface area (Å²) in [5.41, 5.74) is 14.8.